The molecule has 0 spiro atoms. The molecule has 96 valence electrons. The van der Waals surface area contributed by atoms with Crippen LogP contribution in [-0.2, 0) is 4.79 Å². The minimum atomic E-state index is -4.25. The normalized spacial score (nSPS) is 13.9. The van der Waals surface area contributed by atoms with Crippen molar-refractivity contribution in [3.05, 3.63) is 0 Å². The lowest BCUT2D eigenvalue weighted by molar-refractivity contribution is -0.119. The number of alkyl halides is 3. The highest BCUT2D eigenvalue weighted by molar-refractivity contribution is 8.00. The van der Waals surface area contributed by atoms with Gasteiger partial charge in [-0.05, 0) is 5.92 Å². The van der Waals surface area contributed by atoms with Crippen LogP contribution in [0.4, 0.5) is 13.2 Å². The average molecular weight is 259 g/mol. The summed E-state index contributed by atoms with van der Waals surface area (Å²) in [4.78, 5) is 11.0. The van der Waals surface area contributed by atoms with E-state index >= 15 is 0 Å². The Kier molecular flexibility index (Phi) is 6.82. The van der Waals surface area contributed by atoms with Crippen LogP contribution in [0.15, 0.2) is 0 Å². The molecule has 0 heterocycles. The van der Waals surface area contributed by atoms with Crippen molar-refractivity contribution in [2.24, 2.45) is 5.92 Å². The summed E-state index contributed by atoms with van der Waals surface area (Å²) in [5.74, 6) is -1.77. The first-order chi connectivity index (χ1) is 7.22. The van der Waals surface area contributed by atoms with Gasteiger partial charge in [0, 0.05) is 6.54 Å². The predicted octanol–water partition coefficient (Wildman–Crippen LogP) is 1.41. The highest BCUT2D eigenvalue weighted by Crippen LogP contribution is 2.20. The number of carbonyl (C=O) groups is 1. The zero-order valence-electron chi connectivity index (χ0n) is 9.17. The van der Waals surface area contributed by atoms with Gasteiger partial charge in [-0.25, -0.2) is 0 Å². The van der Waals surface area contributed by atoms with Crippen LogP contribution in [-0.4, -0.2) is 41.3 Å². The van der Waals surface area contributed by atoms with Crippen molar-refractivity contribution >= 4 is 17.7 Å². The summed E-state index contributed by atoms with van der Waals surface area (Å²) in [6.07, 6.45) is -4.92. The lowest BCUT2D eigenvalue weighted by Crippen LogP contribution is -2.35. The fourth-order valence-electron chi connectivity index (χ4n) is 0.765. The molecule has 16 heavy (non-hydrogen) atoms. The molecule has 0 saturated carbocycles. The Balaban J connectivity index is 3.60. The molecular weight excluding hydrogens is 243 g/mol. The lowest BCUT2D eigenvalue weighted by Gasteiger charge is -2.15. The van der Waals surface area contributed by atoms with E-state index in [-0.39, 0.29) is 18.2 Å². The number of rotatable bonds is 6. The number of aliphatic hydroxyl groups excluding tert-OH is 1. The van der Waals surface area contributed by atoms with Gasteiger partial charge in [-0.2, -0.15) is 13.2 Å². The molecule has 0 saturated heterocycles. The molecule has 0 aliphatic rings. The summed E-state index contributed by atoms with van der Waals surface area (Å²) < 4.78 is 35.2. The molecule has 0 rings (SSSR count). The van der Waals surface area contributed by atoms with Crippen molar-refractivity contribution in [1.29, 1.82) is 0 Å². The summed E-state index contributed by atoms with van der Waals surface area (Å²) in [5.41, 5.74) is 0. The van der Waals surface area contributed by atoms with E-state index in [1.54, 1.807) is 13.8 Å². The zero-order chi connectivity index (χ0) is 12.8. The molecule has 0 fully saturated rings. The molecule has 1 amide bonds. The van der Waals surface area contributed by atoms with Crippen LogP contribution < -0.4 is 5.32 Å². The van der Waals surface area contributed by atoms with E-state index in [0.717, 1.165) is 0 Å². The maximum atomic E-state index is 11.7. The second-order valence-corrected chi connectivity index (χ2v) is 4.71. The predicted molar refractivity (Wildman–Crippen MR) is 57.2 cm³/mol. The topological polar surface area (TPSA) is 49.3 Å². The summed E-state index contributed by atoms with van der Waals surface area (Å²) in [5, 5.41) is 11.7. The molecule has 1 unspecified atom stereocenters. The quantitative estimate of drug-likeness (QED) is 0.758. The molecular formula is C9H16F3NO2S. The molecule has 7 heteroatoms. The number of aliphatic hydroxyl groups is 1. The fourth-order valence-corrected chi connectivity index (χ4v) is 1.39. The first kappa shape index (κ1) is 15.6. The number of hydrogen-bond donors (Lipinski definition) is 2. The average Bonchev–Trinajstić information content (AvgIpc) is 2.11. The minimum Gasteiger partial charge on any atom is -0.391 e. The SMILES string of the molecule is CC(C)C(O)CNC(=O)CSCC(F)(F)F. The van der Waals surface area contributed by atoms with E-state index < -0.39 is 23.9 Å². The number of hydrogen-bond acceptors (Lipinski definition) is 3. The van der Waals surface area contributed by atoms with Gasteiger partial charge in [-0.3, -0.25) is 4.79 Å². The minimum absolute atomic E-state index is 0.00290. The molecule has 0 aromatic heterocycles. The van der Waals surface area contributed by atoms with E-state index in [0.29, 0.717) is 11.8 Å². The third-order valence-electron chi connectivity index (χ3n) is 1.78. The second kappa shape index (κ2) is 7.01. The van der Waals surface area contributed by atoms with Gasteiger partial charge in [0.2, 0.25) is 5.91 Å². The molecule has 0 radical (unpaired) electrons. The maximum Gasteiger partial charge on any atom is 0.397 e. The fraction of sp³-hybridized carbons (Fsp3) is 0.889. The Bertz CT molecular complexity index is 221. The van der Waals surface area contributed by atoms with Crippen molar-refractivity contribution < 1.29 is 23.1 Å². The smallest absolute Gasteiger partial charge is 0.391 e. The van der Waals surface area contributed by atoms with Crippen molar-refractivity contribution in [3.8, 4) is 0 Å². The van der Waals surface area contributed by atoms with Gasteiger partial charge in [0.25, 0.3) is 0 Å². The molecule has 0 aromatic carbocycles. The second-order valence-electron chi connectivity index (χ2n) is 3.72. The standard InChI is InChI=1S/C9H16F3NO2S/c1-6(2)7(14)3-13-8(15)4-16-5-9(10,11)12/h6-7,14H,3-5H2,1-2H3,(H,13,15). The molecule has 3 nitrogen and oxygen atoms in total. The Labute approximate surface area is 96.8 Å². The van der Waals surface area contributed by atoms with Crippen LogP contribution in [0.3, 0.4) is 0 Å². The van der Waals surface area contributed by atoms with E-state index in [1.165, 1.54) is 0 Å². The molecule has 0 bridgehead atoms. The Morgan fingerprint density at radius 2 is 2.00 bits per heavy atom. The molecule has 1 atom stereocenters. The largest absolute Gasteiger partial charge is 0.397 e. The van der Waals surface area contributed by atoms with Crippen molar-refractivity contribution in [3.63, 3.8) is 0 Å². The van der Waals surface area contributed by atoms with Gasteiger partial charge in [0.15, 0.2) is 0 Å². The summed E-state index contributed by atoms with van der Waals surface area (Å²) in [6, 6.07) is 0. The number of amides is 1. The summed E-state index contributed by atoms with van der Waals surface area (Å²) in [7, 11) is 0. The first-order valence-corrected chi connectivity index (χ1v) is 5.97. The number of nitrogens with one attached hydrogen (secondary N) is 1. The van der Waals surface area contributed by atoms with Crippen LogP contribution >= 0.6 is 11.8 Å². The molecule has 0 aliphatic heterocycles. The lowest BCUT2D eigenvalue weighted by atomic mass is 10.1. The summed E-state index contributed by atoms with van der Waals surface area (Å²) in [6.45, 7) is 3.65. The monoisotopic (exact) mass is 259 g/mol. The Morgan fingerprint density at radius 1 is 1.44 bits per heavy atom. The van der Waals surface area contributed by atoms with Gasteiger partial charge in [-0.1, -0.05) is 13.8 Å². The van der Waals surface area contributed by atoms with Crippen LogP contribution in [0.1, 0.15) is 13.8 Å². The molecule has 0 aromatic rings. The zero-order valence-corrected chi connectivity index (χ0v) is 9.99. The van der Waals surface area contributed by atoms with Gasteiger partial charge >= 0.3 is 6.18 Å². The van der Waals surface area contributed by atoms with E-state index in [9.17, 15) is 23.1 Å². The van der Waals surface area contributed by atoms with Gasteiger partial charge in [0.05, 0.1) is 17.6 Å². The Morgan fingerprint density at radius 3 is 2.44 bits per heavy atom. The highest BCUT2D eigenvalue weighted by atomic mass is 32.2. The summed E-state index contributed by atoms with van der Waals surface area (Å²) >= 11 is 0.510. The number of halogens is 3. The molecule has 0 aliphatic carbocycles. The van der Waals surface area contributed by atoms with Crippen LogP contribution in [0, 0.1) is 5.92 Å². The van der Waals surface area contributed by atoms with Gasteiger partial charge in [0.1, 0.15) is 0 Å². The van der Waals surface area contributed by atoms with Crippen molar-refractivity contribution in [2.75, 3.05) is 18.1 Å². The van der Waals surface area contributed by atoms with E-state index in [4.69, 9.17) is 0 Å². The van der Waals surface area contributed by atoms with Crippen molar-refractivity contribution in [2.45, 2.75) is 26.1 Å². The van der Waals surface area contributed by atoms with E-state index in [1.807, 2.05) is 0 Å². The number of thioether (sulfide) groups is 1. The Hall–Kier alpha value is -0.430. The molecule has 2 N–H and O–H groups in total. The van der Waals surface area contributed by atoms with Crippen LogP contribution in [0.2, 0.25) is 0 Å². The van der Waals surface area contributed by atoms with Crippen molar-refractivity contribution in [1.82, 2.24) is 5.32 Å². The third-order valence-corrected chi connectivity index (χ3v) is 2.77. The highest BCUT2D eigenvalue weighted by Gasteiger charge is 2.27. The van der Waals surface area contributed by atoms with Gasteiger partial charge < -0.3 is 10.4 Å². The third kappa shape index (κ3) is 8.84. The maximum absolute atomic E-state index is 11.7. The van der Waals surface area contributed by atoms with Crippen LogP contribution in [0.5, 0.6) is 0 Å². The number of carbonyl (C=O) groups excluding carboxylic acids is 1. The van der Waals surface area contributed by atoms with Gasteiger partial charge in [-0.15, -0.1) is 11.8 Å². The van der Waals surface area contributed by atoms with Crippen LogP contribution in [0.25, 0.3) is 0 Å². The first-order valence-electron chi connectivity index (χ1n) is 4.81. The van der Waals surface area contributed by atoms with E-state index in [2.05, 4.69) is 5.32 Å².